The van der Waals surface area contributed by atoms with Gasteiger partial charge in [0.1, 0.15) is 0 Å². The molecule has 0 unspecified atom stereocenters. The zero-order chi connectivity index (χ0) is 10.7. The summed E-state index contributed by atoms with van der Waals surface area (Å²) in [7, 11) is 0. The van der Waals surface area contributed by atoms with Gasteiger partial charge in [-0.25, -0.2) is 0 Å². The van der Waals surface area contributed by atoms with Crippen molar-refractivity contribution in [1.29, 1.82) is 0 Å². The summed E-state index contributed by atoms with van der Waals surface area (Å²) in [6.45, 7) is 0. The molecule has 0 amide bonds. The van der Waals surface area contributed by atoms with Gasteiger partial charge in [0, 0.05) is 5.56 Å². The minimum atomic E-state index is 0.188. The molecule has 0 saturated heterocycles. The van der Waals surface area contributed by atoms with Gasteiger partial charge in [0.15, 0.2) is 5.78 Å². The van der Waals surface area contributed by atoms with E-state index in [0.717, 1.165) is 22.0 Å². The minimum absolute atomic E-state index is 0.188. The molecule has 1 saturated carbocycles. The smallest absolute Gasteiger partial charge is 0.199 e. The van der Waals surface area contributed by atoms with E-state index in [2.05, 4.69) is 22.6 Å². The first kappa shape index (κ1) is 10.9. The van der Waals surface area contributed by atoms with Gasteiger partial charge in [-0.3, -0.25) is 4.79 Å². The van der Waals surface area contributed by atoms with Crippen LogP contribution in [-0.2, 0) is 0 Å². The molecule has 0 N–H and O–H groups in total. The number of rotatable bonds is 2. The van der Waals surface area contributed by atoms with Crippen molar-refractivity contribution in [2.45, 2.75) is 25.7 Å². The van der Waals surface area contributed by atoms with Crippen LogP contribution in [0.2, 0.25) is 0 Å². The molecule has 0 atom stereocenters. The number of carbonyl (C=O) groups excluding carboxylic acids is 1. The summed E-state index contributed by atoms with van der Waals surface area (Å²) >= 11 is 2.20. The highest BCUT2D eigenvalue weighted by Crippen LogP contribution is 2.31. The first-order chi connectivity index (χ1) is 7.29. The second-order valence-electron chi connectivity index (χ2n) is 3.82. The second kappa shape index (κ2) is 4.92. The van der Waals surface area contributed by atoms with E-state index in [0.29, 0.717) is 0 Å². The van der Waals surface area contributed by atoms with Crippen molar-refractivity contribution in [3.8, 4) is 0 Å². The van der Waals surface area contributed by atoms with Gasteiger partial charge in [-0.05, 0) is 48.3 Å². The molecule has 1 aliphatic rings. The van der Waals surface area contributed by atoms with Crippen LogP contribution < -0.4 is 0 Å². The average molecular weight is 312 g/mol. The first-order valence-corrected chi connectivity index (χ1v) is 6.34. The maximum absolute atomic E-state index is 12.1. The van der Waals surface area contributed by atoms with E-state index in [9.17, 15) is 4.79 Å². The van der Waals surface area contributed by atoms with Crippen molar-refractivity contribution in [2.75, 3.05) is 0 Å². The van der Waals surface area contributed by atoms with Crippen LogP contribution in [0.15, 0.2) is 39.5 Å². The van der Waals surface area contributed by atoms with Gasteiger partial charge in [-0.15, -0.1) is 0 Å². The molecule has 78 valence electrons. The Bertz CT molecular complexity index is 384. The number of allylic oxidation sites excluding steroid dienone is 2. The van der Waals surface area contributed by atoms with Crippen LogP contribution in [0.4, 0.5) is 0 Å². The highest BCUT2D eigenvalue weighted by atomic mass is 127. The van der Waals surface area contributed by atoms with Crippen molar-refractivity contribution in [2.24, 2.45) is 0 Å². The van der Waals surface area contributed by atoms with Crippen molar-refractivity contribution in [3.05, 3.63) is 45.0 Å². The molecule has 15 heavy (non-hydrogen) atoms. The molecule has 0 radical (unpaired) electrons. The Morgan fingerprint density at radius 2 is 1.67 bits per heavy atom. The SMILES string of the molecule is O=C(C(I)=C1CCCC1)c1ccccc1. The van der Waals surface area contributed by atoms with E-state index >= 15 is 0 Å². The molecule has 1 fully saturated rings. The van der Waals surface area contributed by atoms with Crippen molar-refractivity contribution < 1.29 is 4.79 Å². The zero-order valence-electron chi connectivity index (χ0n) is 8.50. The first-order valence-electron chi connectivity index (χ1n) is 5.26. The van der Waals surface area contributed by atoms with Crippen molar-refractivity contribution in [3.63, 3.8) is 0 Å². The Balaban J connectivity index is 2.25. The third-order valence-electron chi connectivity index (χ3n) is 2.75. The van der Waals surface area contributed by atoms with Gasteiger partial charge >= 0.3 is 0 Å². The molecular weight excluding hydrogens is 299 g/mol. The highest BCUT2D eigenvalue weighted by Gasteiger charge is 2.17. The lowest BCUT2D eigenvalue weighted by Gasteiger charge is -2.03. The maximum atomic E-state index is 12.1. The van der Waals surface area contributed by atoms with Crippen LogP contribution in [0.1, 0.15) is 36.0 Å². The van der Waals surface area contributed by atoms with Crippen LogP contribution in [0.5, 0.6) is 0 Å². The predicted molar refractivity (Wildman–Crippen MR) is 70.3 cm³/mol. The Labute approximate surface area is 104 Å². The van der Waals surface area contributed by atoms with E-state index < -0.39 is 0 Å². The topological polar surface area (TPSA) is 17.1 Å². The van der Waals surface area contributed by atoms with E-state index in [-0.39, 0.29) is 5.78 Å². The van der Waals surface area contributed by atoms with Gasteiger partial charge in [0.05, 0.1) is 3.58 Å². The Kier molecular flexibility index (Phi) is 3.57. The maximum Gasteiger partial charge on any atom is 0.199 e. The number of benzene rings is 1. The molecule has 0 spiro atoms. The third-order valence-corrected chi connectivity index (χ3v) is 4.01. The zero-order valence-corrected chi connectivity index (χ0v) is 10.7. The Morgan fingerprint density at radius 3 is 2.27 bits per heavy atom. The molecule has 1 aromatic rings. The summed E-state index contributed by atoms with van der Waals surface area (Å²) < 4.78 is 0.941. The number of carbonyl (C=O) groups is 1. The fraction of sp³-hybridized carbons (Fsp3) is 0.308. The molecule has 2 rings (SSSR count). The average Bonchev–Trinajstić information content (AvgIpc) is 2.82. The van der Waals surface area contributed by atoms with Crippen LogP contribution in [0, 0.1) is 0 Å². The van der Waals surface area contributed by atoms with Gasteiger partial charge in [0.25, 0.3) is 0 Å². The lowest BCUT2D eigenvalue weighted by atomic mass is 10.1. The van der Waals surface area contributed by atoms with Gasteiger partial charge in [0.2, 0.25) is 0 Å². The van der Waals surface area contributed by atoms with Crippen molar-refractivity contribution in [1.82, 2.24) is 0 Å². The normalized spacial score (nSPS) is 15.4. The predicted octanol–water partition coefficient (Wildman–Crippen LogP) is 4.13. The van der Waals surface area contributed by atoms with Gasteiger partial charge in [-0.2, -0.15) is 0 Å². The van der Waals surface area contributed by atoms with Crippen LogP contribution in [0.3, 0.4) is 0 Å². The molecule has 0 aliphatic heterocycles. The number of Topliss-reactive ketones (excluding diaryl/α,β-unsaturated/α-hetero) is 1. The lowest BCUT2D eigenvalue weighted by molar-refractivity contribution is 0.104. The van der Waals surface area contributed by atoms with E-state index in [1.165, 1.54) is 18.4 Å². The van der Waals surface area contributed by atoms with Crippen LogP contribution >= 0.6 is 22.6 Å². The minimum Gasteiger partial charge on any atom is -0.288 e. The number of hydrogen-bond acceptors (Lipinski definition) is 1. The summed E-state index contributed by atoms with van der Waals surface area (Å²) in [4.78, 5) is 12.1. The summed E-state index contributed by atoms with van der Waals surface area (Å²) in [6.07, 6.45) is 4.70. The highest BCUT2D eigenvalue weighted by molar-refractivity contribution is 14.1. The van der Waals surface area contributed by atoms with E-state index in [4.69, 9.17) is 0 Å². The summed E-state index contributed by atoms with van der Waals surface area (Å²) in [5, 5.41) is 0. The number of halogens is 1. The molecule has 1 aromatic carbocycles. The molecule has 1 nitrogen and oxygen atoms in total. The molecular formula is C13H13IO. The fourth-order valence-corrected chi connectivity index (χ4v) is 2.75. The van der Waals surface area contributed by atoms with E-state index in [1.807, 2.05) is 30.3 Å². The van der Waals surface area contributed by atoms with Gasteiger partial charge < -0.3 is 0 Å². The summed E-state index contributed by atoms with van der Waals surface area (Å²) in [5.74, 6) is 0.188. The largest absolute Gasteiger partial charge is 0.288 e. The number of hydrogen-bond donors (Lipinski definition) is 0. The standard InChI is InChI=1S/C13H13IO/c14-12(10-6-4-5-7-10)13(15)11-8-2-1-3-9-11/h1-3,8-9H,4-7H2. The monoisotopic (exact) mass is 312 g/mol. The van der Waals surface area contributed by atoms with Gasteiger partial charge in [-0.1, -0.05) is 35.9 Å². The Hall–Kier alpha value is -0.640. The van der Waals surface area contributed by atoms with Crippen LogP contribution in [-0.4, -0.2) is 5.78 Å². The summed E-state index contributed by atoms with van der Waals surface area (Å²) in [6, 6.07) is 9.53. The summed E-state index contributed by atoms with van der Waals surface area (Å²) in [5.41, 5.74) is 2.16. The molecule has 0 aromatic heterocycles. The van der Waals surface area contributed by atoms with Crippen molar-refractivity contribution >= 4 is 28.4 Å². The third kappa shape index (κ3) is 2.48. The number of ketones is 1. The quantitative estimate of drug-likeness (QED) is 0.456. The second-order valence-corrected chi connectivity index (χ2v) is 4.90. The van der Waals surface area contributed by atoms with E-state index in [1.54, 1.807) is 0 Å². The molecule has 0 bridgehead atoms. The fourth-order valence-electron chi connectivity index (χ4n) is 1.90. The Morgan fingerprint density at radius 1 is 1.07 bits per heavy atom. The molecule has 1 aliphatic carbocycles. The van der Waals surface area contributed by atoms with Crippen LogP contribution in [0.25, 0.3) is 0 Å². The molecule has 2 heteroatoms. The molecule has 0 heterocycles. The lowest BCUT2D eigenvalue weighted by Crippen LogP contribution is -2.00.